The van der Waals surface area contributed by atoms with Crippen LogP contribution in [0.3, 0.4) is 0 Å². The first kappa shape index (κ1) is 16.9. The largest absolute Gasteiger partial charge is 0.342 e. The number of likely N-dealkylation sites (N-methyl/N-ethyl adjacent to an activating group) is 1. The topological polar surface area (TPSA) is 20.3 Å². The molecule has 1 saturated heterocycles. The van der Waals surface area contributed by atoms with Crippen LogP contribution in [0.2, 0.25) is 10.0 Å². The van der Waals surface area contributed by atoms with Gasteiger partial charge in [-0.25, -0.2) is 0 Å². The standard InChI is InChI=1S/C21H21Cl2NO/c1-21-10-9-20(25)24(2)19(21)8-4-14-11-13(3-7-17(14)21)16-6-5-15(22)12-18(16)23/h3,5-7,11-12,19H,4,8-10H2,1-2H3/t19-,21-/m1/s1. The van der Waals surface area contributed by atoms with E-state index < -0.39 is 0 Å². The Kier molecular flexibility index (Phi) is 4.09. The van der Waals surface area contributed by atoms with Gasteiger partial charge in [-0.15, -0.1) is 0 Å². The number of carbonyl (C=O) groups is 1. The lowest BCUT2D eigenvalue weighted by Gasteiger charge is -2.50. The second-order valence-electron chi connectivity index (χ2n) is 7.47. The van der Waals surface area contributed by atoms with E-state index in [1.165, 1.54) is 11.1 Å². The lowest BCUT2D eigenvalue weighted by atomic mass is 9.63. The maximum Gasteiger partial charge on any atom is 0.222 e. The molecule has 0 spiro atoms. The molecule has 0 radical (unpaired) electrons. The molecule has 1 aliphatic carbocycles. The highest BCUT2D eigenvalue weighted by Gasteiger charge is 2.46. The fourth-order valence-electron chi connectivity index (χ4n) is 4.68. The molecular formula is C21H21Cl2NO. The minimum absolute atomic E-state index is 0.0402. The first-order valence-corrected chi connectivity index (χ1v) is 9.50. The van der Waals surface area contributed by atoms with E-state index in [0.717, 1.165) is 30.4 Å². The number of hydrogen-bond donors (Lipinski definition) is 0. The fraction of sp³-hybridized carbons (Fsp3) is 0.381. The summed E-state index contributed by atoms with van der Waals surface area (Å²) in [5.74, 6) is 0.274. The van der Waals surface area contributed by atoms with Crippen LogP contribution in [0.25, 0.3) is 11.1 Å². The van der Waals surface area contributed by atoms with Crippen LogP contribution in [0.4, 0.5) is 0 Å². The highest BCUT2D eigenvalue weighted by Crippen LogP contribution is 2.46. The van der Waals surface area contributed by atoms with Crippen LogP contribution in [-0.4, -0.2) is 23.9 Å². The number of carbonyl (C=O) groups excluding carboxylic acids is 1. The number of benzene rings is 2. The van der Waals surface area contributed by atoms with Crippen LogP contribution >= 0.6 is 23.2 Å². The molecule has 2 nitrogen and oxygen atoms in total. The molecule has 1 heterocycles. The van der Waals surface area contributed by atoms with Crippen molar-refractivity contribution in [2.24, 2.45) is 0 Å². The van der Waals surface area contributed by atoms with Crippen molar-refractivity contribution in [1.82, 2.24) is 4.90 Å². The predicted octanol–water partition coefficient (Wildman–Crippen LogP) is 5.49. The molecule has 0 bridgehead atoms. The van der Waals surface area contributed by atoms with Crippen LogP contribution in [0.15, 0.2) is 36.4 Å². The number of amides is 1. The van der Waals surface area contributed by atoms with Gasteiger partial charge < -0.3 is 4.90 Å². The van der Waals surface area contributed by atoms with E-state index in [2.05, 4.69) is 25.1 Å². The van der Waals surface area contributed by atoms with Gasteiger partial charge in [0.25, 0.3) is 0 Å². The highest BCUT2D eigenvalue weighted by molar-refractivity contribution is 6.36. The molecule has 1 aliphatic heterocycles. The first-order valence-electron chi connectivity index (χ1n) is 8.74. The van der Waals surface area contributed by atoms with E-state index in [1.807, 2.05) is 24.1 Å². The van der Waals surface area contributed by atoms with E-state index in [9.17, 15) is 4.79 Å². The number of rotatable bonds is 1. The monoisotopic (exact) mass is 373 g/mol. The van der Waals surface area contributed by atoms with E-state index >= 15 is 0 Å². The van der Waals surface area contributed by atoms with Gasteiger partial charge in [0.1, 0.15) is 0 Å². The first-order chi connectivity index (χ1) is 11.9. The van der Waals surface area contributed by atoms with Crippen molar-refractivity contribution in [2.45, 2.75) is 44.1 Å². The van der Waals surface area contributed by atoms with Crippen molar-refractivity contribution >= 4 is 29.1 Å². The molecule has 0 saturated carbocycles. The quantitative estimate of drug-likeness (QED) is 0.647. The average molecular weight is 374 g/mol. The van der Waals surface area contributed by atoms with E-state index in [-0.39, 0.29) is 11.3 Å². The summed E-state index contributed by atoms with van der Waals surface area (Å²) in [6.07, 6.45) is 3.57. The summed E-state index contributed by atoms with van der Waals surface area (Å²) in [6, 6.07) is 12.6. The van der Waals surface area contributed by atoms with Crippen LogP contribution in [0.5, 0.6) is 0 Å². The zero-order valence-corrected chi connectivity index (χ0v) is 16.0. The fourth-order valence-corrected chi connectivity index (χ4v) is 5.20. The third-order valence-electron chi connectivity index (χ3n) is 6.10. The van der Waals surface area contributed by atoms with Gasteiger partial charge in [0.2, 0.25) is 5.91 Å². The minimum Gasteiger partial charge on any atom is -0.342 e. The molecule has 130 valence electrons. The van der Waals surface area contributed by atoms with Crippen molar-refractivity contribution in [3.8, 4) is 11.1 Å². The van der Waals surface area contributed by atoms with Gasteiger partial charge in [-0.3, -0.25) is 4.79 Å². The normalized spacial score (nSPS) is 25.5. The molecule has 1 fully saturated rings. The Morgan fingerprint density at radius 2 is 1.92 bits per heavy atom. The van der Waals surface area contributed by atoms with Gasteiger partial charge in [0.05, 0.1) is 0 Å². The van der Waals surface area contributed by atoms with Crippen LogP contribution in [0.1, 0.15) is 37.3 Å². The van der Waals surface area contributed by atoms with Gasteiger partial charge in [-0.2, -0.15) is 0 Å². The van der Waals surface area contributed by atoms with Crippen molar-refractivity contribution < 1.29 is 4.79 Å². The molecule has 0 N–H and O–H groups in total. The predicted molar refractivity (Wildman–Crippen MR) is 103 cm³/mol. The molecule has 2 aromatic rings. The van der Waals surface area contributed by atoms with E-state index in [1.54, 1.807) is 6.07 Å². The Labute approximate surface area is 158 Å². The Bertz CT molecular complexity index is 863. The number of halogens is 2. The Morgan fingerprint density at radius 3 is 2.68 bits per heavy atom. The molecule has 4 heteroatoms. The Balaban J connectivity index is 1.77. The molecule has 0 aromatic heterocycles. The average Bonchev–Trinajstić information content (AvgIpc) is 2.58. The second kappa shape index (κ2) is 6.03. The minimum atomic E-state index is 0.0402. The summed E-state index contributed by atoms with van der Waals surface area (Å²) in [5, 5.41) is 1.33. The van der Waals surface area contributed by atoms with Crippen molar-refractivity contribution in [2.75, 3.05) is 7.05 Å². The summed E-state index contributed by atoms with van der Waals surface area (Å²) in [5.41, 5.74) is 4.94. The van der Waals surface area contributed by atoms with Gasteiger partial charge in [0, 0.05) is 40.5 Å². The van der Waals surface area contributed by atoms with E-state index in [4.69, 9.17) is 23.2 Å². The Hall–Kier alpha value is -1.51. The lowest BCUT2D eigenvalue weighted by Crippen LogP contribution is -2.56. The van der Waals surface area contributed by atoms with Gasteiger partial charge in [-0.1, -0.05) is 54.4 Å². The number of likely N-dealkylation sites (tertiary alicyclic amines) is 1. The molecule has 2 atom stereocenters. The van der Waals surface area contributed by atoms with Crippen molar-refractivity contribution in [3.63, 3.8) is 0 Å². The van der Waals surface area contributed by atoms with Crippen LogP contribution in [0, 0.1) is 0 Å². The number of aryl methyl sites for hydroxylation is 1. The molecular weight excluding hydrogens is 353 g/mol. The zero-order chi connectivity index (χ0) is 17.8. The smallest absolute Gasteiger partial charge is 0.222 e. The maximum absolute atomic E-state index is 12.1. The third kappa shape index (κ3) is 2.67. The number of piperidine rings is 1. The number of hydrogen-bond acceptors (Lipinski definition) is 1. The molecule has 2 aromatic carbocycles. The summed E-state index contributed by atoms with van der Waals surface area (Å²) >= 11 is 12.4. The van der Waals surface area contributed by atoms with Crippen LogP contribution in [-0.2, 0) is 16.6 Å². The molecule has 2 aliphatic rings. The summed E-state index contributed by atoms with van der Waals surface area (Å²) in [4.78, 5) is 14.1. The molecule has 0 unspecified atom stereocenters. The molecule has 4 rings (SSSR count). The SMILES string of the molecule is CN1C(=O)CC[C@]2(C)c3ccc(-c4ccc(Cl)cc4Cl)cc3CC[C@@H]12. The lowest BCUT2D eigenvalue weighted by molar-refractivity contribution is -0.138. The third-order valence-corrected chi connectivity index (χ3v) is 6.65. The molecule has 1 amide bonds. The van der Waals surface area contributed by atoms with Crippen molar-refractivity contribution in [1.29, 1.82) is 0 Å². The summed E-state index contributed by atoms with van der Waals surface area (Å²) in [6.45, 7) is 2.31. The summed E-state index contributed by atoms with van der Waals surface area (Å²) in [7, 11) is 1.96. The zero-order valence-electron chi connectivity index (χ0n) is 14.5. The number of fused-ring (bicyclic) bond motifs is 3. The molecule has 25 heavy (non-hydrogen) atoms. The van der Waals surface area contributed by atoms with Crippen LogP contribution < -0.4 is 0 Å². The highest BCUT2D eigenvalue weighted by atomic mass is 35.5. The van der Waals surface area contributed by atoms with Gasteiger partial charge >= 0.3 is 0 Å². The van der Waals surface area contributed by atoms with Crippen molar-refractivity contribution in [3.05, 3.63) is 57.6 Å². The van der Waals surface area contributed by atoms with E-state index in [0.29, 0.717) is 22.5 Å². The Morgan fingerprint density at radius 1 is 1.12 bits per heavy atom. The van der Waals surface area contributed by atoms with Gasteiger partial charge in [-0.05, 0) is 48.1 Å². The van der Waals surface area contributed by atoms with Gasteiger partial charge in [0.15, 0.2) is 0 Å². The second-order valence-corrected chi connectivity index (χ2v) is 8.32. The number of nitrogens with zero attached hydrogens (tertiary/aromatic N) is 1. The summed E-state index contributed by atoms with van der Waals surface area (Å²) < 4.78 is 0. The maximum atomic E-state index is 12.1.